The second-order valence-corrected chi connectivity index (χ2v) is 6.85. The summed E-state index contributed by atoms with van der Waals surface area (Å²) in [5.41, 5.74) is 3.09. The summed E-state index contributed by atoms with van der Waals surface area (Å²) in [6, 6.07) is 19.2. The van der Waals surface area contributed by atoms with E-state index in [2.05, 4.69) is 72.7 Å². The lowest BCUT2D eigenvalue weighted by molar-refractivity contribution is 0.0501. The van der Waals surface area contributed by atoms with Crippen molar-refractivity contribution in [3.63, 3.8) is 0 Å². The van der Waals surface area contributed by atoms with E-state index in [0.717, 1.165) is 19.5 Å². The number of benzene rings is 2. The van der Waals surface area contributed by atoms with Gasteiger partial charge in [0.15, 0.2) is 0 Å². The van der Waals surface area contributed by atoms with Crippen molar-refractivity contribution in [2.24, 2.45) is 0 Å². The Balaban J connectivity index is 1.80. The Kier molecular flexibility index (Phi) is 4.81. The number of likely N-dealkylation sites (N-methyl/N-ethyl adjacent to an activating group) is 1. The Morgan fingerprint density at radius 3 is 2.35 bits per heavy atom. The molecule has 2 aromatic carbocycles. The number of hydrogen-bond acceptors (Lipinski definition) is 3. The van der Waals surface area contributed by atoms with Crippen molar-refractivity contribution in [2.45, 2.75) is 25.0 Å². The largest absolute Gasteiger partial charge is 0.387 e. The predicted molar refractivity (Wildman–Crippen MR) is 94.5 cm³/mol. The van der Waals surface area contributed by atoms with Crippen molar-refractivity contribution < 1.29 is 5.11 Å². The predicted octanol–water partition coefficient (Wildman–Crippen LogP) is 2.74. The standard InChI is InChI=1S/C20H26N2O/c1-16-8-10-18(11-9-16)19(17-6-4-3-5-7-17)21-14-20(23)12-13-22(2)15-20/h3-11,19,21,23H,12-15H2,1-2H3. The van der Waals surface area contributed by atoms with Crippen LogP contribution in [0.25, 0.3) is 0 Å². The first kappa shape index (κ1) is 16.2. The summed E-state index contributed by atoms with van der Waals surface area (Å²) in [7, 11) is 2.06. The number of nitrogens with one attached hydrogen (secondary N) is 1. The molecule has 0 radical (unpaired) electrons. The van der Waals surface area contributed by atoms with Gasteiger partial charge >= 0.3 is 0 Å². The zero-order valence-electron chi connectivity index (χ0n) is 14.0. The van der Waals surface area contributed by atoms with Crippen LogP contribution in [0.1, 0.15) is 29.2 Å². The summed E-state index contributed by atoms with van der Waals surface area (Å²) in [4.78, 5) is 2.19. The van der Waals surface area contributed by atoms with E-state index in [4.69, 9.17) is 0 Å². The summed E-state index contributed by atoms with van der Waals surface area (Å²) < 4.78 is 0. The van der Waals surface area contributed by atoms with Crippen molar-refractivity contribution in [1.29, 1.82) is 0 Å². The molecule has 0 saturated carbocycles. The molecule has 2 atom stereocenters. The summed E-state index contributed by atoms with van der Waals surface area (Å²) in [5, 5.41) is 14.3. The van der Waals surface area contributed by atoms with Gasteiger partial charge in [0.05, 0.1) is 11.6 Å². The van der Waals surface area contributed by atoms with Crippen LogP contribution in [0.3, 0.4) is 0 Å². The minimum absolute atomic E-state index is 0.103. The van der Waals surface area contributed by atoms with Gasteiger partial charge in [-0.15, -0.1) is 0 Å². The molecule has 122 valence electrons. The highest BCUT2D eigenvalue weighted by Gasteiger charge is 2.34. The first-order chi connectivity index (χ1) is 11.1. The molecule has 0 aliphatic carbocycles. The summed E-state index contributed by atoms with van der Waals surface area (Å²) >= 11 is 0. The molecule has 2 aromatic rings. The molecule has 1 heterocycles. The highest BCUT2D eigenvalue weighted by molar-refractivity contribution is 5.33. The minimum atomic E-state index is -0.632. The van der Waals surface area contributed by atoms with Gasteiger partial charge in [0.2, 0.25) is 0 Å². The van der Waals surface area contributed by atoms with Crippen LogP contribution in [0.2, 0.25) is 0 Å². The quantitative estimate of drug-likeness (QED) is 0.891. The molecule has 0 amide bonds. The molecule has 2 N–H and O–H groups in total. The number of hydrogen-bond donors (Lipinski definition) is 2. The third-order valence-electron chi connectivity index (χ3n) is 4.70. The Labute approximate surface area is 139 Å². The molecule has 0 bridgehead atoms. The molecule has 3 heteroatoms. The number of rotatable bonds is 5. The average Bonchev–Trinajstić information content (AvgIpc) is 2.90. The highest BCUT2D eigenvalue weighted by atomic mass is 16.3. The molecule has 23 heavy (non-hydrogen) atoms. The van der Waals surface area contributed by atoms with Gasteiger partial charge in [-0.05, 0) is 31.5 Å². The van der Waals surface area contributed by atoms with Gasteiger partial charge in [0.1, 0.15) is 0 Å². The molecular weight excluding hydrogens is 284 g/mol. The lowest BCUT2D eigenvalue weighted by atomic mass is 9.96. The van der Waals surface area contributed by atoms with Crippen LogP contribution in [0.5, 0.6) is 0 Å². The fourth-order valence-electron chi connectivity index (χ4n) is 3.33. The Bertz CT molecular complexity index is 626. The van der Waals surface area contributed by atoms with Crippen LogP contribution in [0.15, 0.2) is 54.6 Å². The van der Waals surface area contributed by atoms with Gasteiger partial charge < -0.3 is 15.3 Å². The summed E-state index contributed by atoms with van der Waals surface area (Å²) in [6.07, 6.45) is 0.825. The van der Waals surface area contributed by atoms with Crippen LogP contribution < -0.4 is 5.32 Å². The van der Waals surface area contributed by atoms with Crippen LogP contribution in [-0.4, -0.2) is 42.3 Å². The maximum Gasteiger partial charge on any atom is 0.0909 e. The fourth-order valence-corrected chi connectivity index (χ4v) is 3.33. The molecule has 0 aromatic heterocycles. The van der Waals surface area contributed by atoms with Crippen molar-refractivity contribution in [1.82, 2.24) is 10.2 Å². The average molecular weight is 310 g/mol. The maximum atomic E-state index is 10.7. The van der Waals surface area contributed by atoms with Gasteiger partial charge in [-0.3, -0.25) is 0 Å². The van der Waals surface area contributed by atoms with Gasteiger partial charge in [0.25, 0.3) is 0 Å². The molecule has 2 unspecified atom stereocenters. The normalized spacial score (nSPS) is 23.1. The number of β-amino-alcohol motifs (C(OH)–C–C–N with tert-alkyl or cyclic N) is 1. The third-order valence-corrected chi connectivity index (χ3v) is 4.70. The molecule has 3 nitrogen and oxygen atoms in total. The lowest BCUT2D eigenvalue weighted by Crippen LogP contribution is -2.43. The van der Waals surface area contributed by atoms with Gasteiger partial charge in [-0.1, -0.05) is 60.2 Å². The smallest absolute Gasteiger partial charge is 0.0909 e. The van der Waals surface area contributed by atoms with Crippen molar-refractivity contribution in [3.05, 3.63) is 71.3 Å². The van der Waals surface area contributed by atoms with Crippen LogP contribution in [0.4, 0.5) is 0 Å². The Morgan fingerprint density at radius 2 is 1.74 bits per heavy atom. The van der Waals surface area contributed by atoms with Crippen LogP contribution >= 0.6 is 0 Å². The van der Waals surface area contributed by atoms with Crippen molar-refractivity contribution >= 4 is 0 Å². The number of nitrogens with zero attached hydrogens (tertiary/aromatic N) is 1. The fraction of sp³-hybridized carbons (Fsp3) is 0.400. The molecular formula is C20H26N2O. The van der Waals surface area contributed by atoms with E-state index in [0.29, 0.717) is 6.54 Å². The Hall–Kier alpha value is -1.68. The number of aryl methyl sites for hydroxylation is 1. The Morgan fingerprint density at radius 1 is 1.09 bits per heavy atom. The van der Waals surface area contributed by atoms with E-state index >= 15 is 0 Å². The molecule has 3 rings (SSSR count). The van der Waals surface area contributed by atoms with E-state index in [1.807, 2.05) is 6.07 Å². The molecule has 1 saturated heterocycles. The number of likely N-dealkylation sites (tertiary alicyclic amines) is 1. The SMILES string of the molecule is Cc1ccc(C(NCC2(O)CCN(C)C2)c2ccccc2)cc1. The monoisotopic (exact) mass is 310 g/mol. The van der Waals surface area contributed by atoms with Gasteiger partial charge in [-0.2, -0.15) is 0 Å². The van der Waals surface area contributed by atoms with E-state index < -0.39 is 5.60 Å². The number of aliphatic hydroxyl groups is 1. The lowest BCUT2D eigenvalue weighted by Gasteiger charge is -2.27. The van der Waals surface area contributed by atoms with Gasteiger partial charge in [0, 0.05) is 19.6 Å². The highest BCUT2D eigenvalue weighted by Crippen LogP contribution is 2.25. The van der Waals surface area contributed by atoms with E-state index in [1.165, 1.54) is 16.7 Å². The molecule has 1 aliphatic heterocycles. The third kappa shape index (κ3) is 3.99. The topological polar surface area (TPSA) is 35.5 Å². The molecule has 0 spiro atoms. The minimum Gasteiger partial charge on any atom is -0.387 e. The second kappa shape index (κ2) is 6.83. The first-order valence-electron chi connectivity index (χ1n) is 8.32. The van der Waals surface area contributed by atoms with Crippen molar-refractivity contribution in [3.8, 4) is 0 Å². The molecule has 1 aliphatic rings. The van der Waals surface area contributed by atoms with Gasteiger partial charge in [-0.25, -0.2) is 0 Å². The van der Waals surface area contributed by atoms with Crippen molar-refractivity contribution in [2.75, 3.05) is 26.7 Å². The molecule has 1 fully saturated rings. The van der Waals surface area contributed by atoms with Crippen LogP contribution in [0, 0.1) is 6.92 Å². The zero-order valence-corrected chi connectivity index (χ0v) is 14.0. The summed E-state index contributed by atoms with van der Waals surface area (Å²) in [5.74, 6) is 0. The summed E-state index contributed by atoms with van der Waals surface area (Å²) in [6.45, 7) is 4.39. The zero-order chi connectivity index (χ0) is 16.3. The second-order valence-electron chi connectivity index (χ2n) is 6.85. The maximum absolute atomic E-state index is 10.7. The first-order valence-corrected chi connectivity index (χ1v) is 8.32. The van der Waals surface area contributed by atoms with E-state index in [9.17, 15) is 5.11 Å². The van der Waals surface area contributed by atoms with E-state index in [1.54, 1.807) is 0 Å². The van der Waals surface area contributed by atoms with E-state index in [-0.39, 0.29) is 6.04 Å². The van der Waals surface area contributed by atoms with Crippen LogP contribution in [-0.2, 0) is 0 Å².